The maximum absolute atomic E-state index is 12.2. The number of nitrogens with zero attached hydrogens (tertiary/aromatic N) is 2. The lowest BCUT2D eigenvalue weighted by atomic mass is 10.1. The Morgan fingerprint density at radius 3 is 2.67 bits per heavy atom. The van der Waals surface area contributed by atoms with Crippen molar-refractivity contribution < 1.29 is 9.72 Å². The number of hydrogen-bond acceptors (Lipinski definition) is 4. The van der Waals surface area contributed by atoms with Gasteiger partial charge in [0.25, 0.3) is 11.6 Å². The van der Waals surface area contributed by atoms with Gasteiger partial charge < -0.3 is 10.6 Å². The minimum Gasteiger partial charge on any atom is -0.338 e. The van der Waals surface area contributed by atoms with Crippen LogP contribution in [-0.2, 0) is 0 Å². The Hall–Kier alpha value is -1.95. The number of nitro benzene ring substituents is 1. The lowest BCUT2D eigenvalue weighted by Gasteiger charge is -2.24. The van der Waals surface area contributed by atoms with Gasteiger partial charge in [0.1, 0.15) is 0 Å². The van der Waals surface area contributed by atoms with E-state index >= 15 is 0 Å². The lowest BCUT2D eigenvalue weighted by Crippen LogP contribution is -2.40. The van der Waals surface area contributed by atoms with Crippen LogP contribution in [0.5, 0.6) is 0 Å². The summed E-state index contributed by atoms with van der Waals surface area (Å²) in [4.78, 5) is 24.0. The average molecular weight is 251 g/mol. The van der Waals surface area contributed by atoms with Crippen molar-refractivity contribution >= 4 is 11.6 Å². The van der Waals surface area contributed by atoms with Gasteiger partial charge in [-0.2, -0.15) is 0 Å². The summed E-state index contributed by atoms with van der Waals surface area (Å²) >= 11 is 0. The molecule has 0 radical (unpaired) electrons. The van der Waals surface area contributed by atoms with Gasteiger partial charge in [-0.15, -0.1) is 0 Å². The fourth-order valence-corrected chi connectivity index (χ4v) is 1.60. The third-order valence-corrected chi connectivity index (χ3v) is 3.05. The predicted octanol–water partition coefficient (Wildman–Crippen LogP) is 1.32. The van der Waals surface area contributed by atoms with Crippen LogP contribution in [0.4, 0.5) is 5.69 Å². The highest BCUT2D eigenvalue weighted by atomic mass is 16.6. The number of benzene rings is 1. The Morgan fingerprint density at radius 2 is 2.17 bits per heavy atom. The lowest BCUT2D eigenvalue weighted by molar-refractivity contribution is -0.385. The molecule has 0 aliphatic heterocycles. The van der Waals surface area contributed by atoms with Crippen molar-refractivity contribution in [1.29, 1.82) is 0 Å². The molecule has 0 aromatic heterocycles. The van der Waals surface area contributed by atoms with Crippen LogP contribution >= 0.6 is 0 Å². The molecule has 0 fully saturated rings. The second kappa shape index (κ2) is 5.59. The summed E-state index contributed by atoms with van der Waals surface area (Å²) < 4.78 is 0. The average Bonchev–Trinajstić information content (AvgIpc) is 2.36. The van der Waals surface area contributed by atoms with Crippen molar-refractivity contribution in [3.8, 4) is 0 Å². The molecule has 0 aliphatic rings. The third-order valence-electron chi connectivity index (χ3n) is 3.05. The zero-order chi connectivity index (χ0) is 13.9. The quantitative estimate of drug-likeness (QED) is 0.645. The molecular formula is C12H17N3O3. The Balaban J connectivity index is 3.14. The minimum absolute atomic E-state index is 0.0466. The van der Waals surface area contributed by atoms with Gasteiger partial charge in [-0.05, 0) is 19.9 Å². The van der Waals surface area contributed by atoms with Crippen molar-refractivity contribution in [3.05, 3.63) is 39.4 Å². The molecular weight excluding hydrogens is 234 g/mol. The van der Waals surface area contributed by atoms with E-state index in [1.807, 2.05) is 6.92 Å². The maximum atomic E-state index is 12.2. The van der Waals surface area contributed by atoms with Crippen LogP contribution in [0.2, 0.25) is 0 Å². The van der Waals surface area contributed by atoms with E-state index in [1.165, 1.54) is 17.0 Å². The number of rotatable bonds is 4. The van der Waals surface area contributed by atoms with Crippen LogP contribution in [0, 0.1) is 17.0 Å². The Morgan fingerprint density at radius 1 is 1.56 bits per heavy atom. The number of hydrogen-bond donors (Lipinski definition) is 1. The smallest absolute Gasteiger partial charge is 0.273 e. The number of nitrogens with two attached hydrogens (primary N) is 1. The minimum atomic E-state index is -0.488. The predicted molar refractivity (Wildman–Crippen MR) is 68.4 cm³/mol. The van der Waals surface area contributed by atoms with Gasteiger partial charge >= 0.3 is 0 Å². The first-order valence-corrected chi connectivity index (χ1v) is 5.61. The Kier molecular flexibility index (Phi) is 4.38. The van der Waals surface area contributed by atoms with E-state index in [4.69, 9.17) is 5.73 Å². The van der Waals surface area contributed by atoms with Crippen LogP contribution < -0.4 is 5.73 Å². The van der Waals surface area contributed by atoms with E-state index in [9.17, 15) is 14.9 Å². The molecule has 0 saturated heterocycles. The van der Waals surface area contributed by atoms with Gasteiger partial charge in [0.15, 0.2) is 0 Å². The number of carbonyl (C=O) groups is 1. The summed E-state index contributed by atoms with van der Waals surface area (Å²) in [7, 11) is 1.64. The molecule has 0 heterocycles. The molecule has 1 amide bonds. The number of carbonyl (C=O) groups excluding carboxylic acids is 1. The Labute approximate surface area is 106 Å². The number of amides is 1. The highest BCUT2D eigenvalue weighted by molar-refractivity contribution is 5.96. The summed E-state index contributed by atoms with van der Waals surface area (Å²) in [6.07, 6.45) is 0. The number of nitro groups is 1. The molecule has 6 heteroatoms. The normalized spacial score (nSPS) is 12.0. The maximum Gasteiger partial charge on any atom is 0.273 e. The molecule has 1 aromatic carbocycles. The van der Waals surface area contributed by atoms with E-state index in [1.54, 1.807) is 20.0 Å². The third kappa shape index (κ3) is 2.65. The zero-order valence-electron chi connectivity index (χ0n) is 10.7. The van der Waals surface area contributed by atoms with Gasteiger partial charge in [0.05, 0.1) is 4.92 Å². The summed E-state index contributed by atoms with van der Waals surface area (Å²) in [5, 5.41) is 10.8. The van der Waals surface area contributed by atoms with Gasteiger partial charge in [-0.3, -0.25) is 14.9 Å². The fraction of sp³-hybridized carbons (Fsp3) is 0.417. The van der Waals surface area contributed by atoms with Crippen molar-refractivity contribution in [2.75, 3.05) is 13.6 Å². The first-order valence-electron chi connectivity index (χ1n) is 5.61. The van der Waals surface area contributed by atoms with Crippen LogP contribution in [0.15, 0.2) is 18.2 Å². The van der Waals surface area contributed by atoms with Gasteiger partial charge in [-0.1, -0.05) is 6.07 Å². The monoisotopic (exact) mass is 251 g/mol. The standard InChI is InChI=1S/C12H17N3O3/c1-8(7-13)14(3)12(16)10-5-4-6-11(9(10)2)15(17)18/h4-6,8H,7,13H2,1-3H3. The molecule has 6 nitrogen and oxygen atoms in total. The van der Waals surface area contributed by atoms with Crippen LogP contribution in [-0.4, -0.2) is 35.4 Å². The molecule has 1 unspecified atom stereocenters. The van der Waals surface area contributed by atoms with Crippen LogP contribution in [0.25, 0.3) is 0 Å². The highest BCUT2D eigenvalue weighted by Gasteiger charge is 2.22. The van der Waals surface area contributed by atoms with E-state index in [0.29, 0.717) is 17.7 Å². The molecule has 2 N–H and O–H groups in total. The Bertz CT molecular complexity index is 474. The van der Waals surface area contributed by atoms with Crippen LogP contribution in [0.1, 0.15) is 22.8 Å². The van der Waals surface area contributed by atoms with Crippen molar-refractivity contribution in [2.24, 2.45) is 5.73 Å². The summed E-state index contributed by atoms with van der Waals surface area (Å²) in [6, 6.07) is 4.37. The summed E-state index contributed by atoms with van der Waals surface area (Å²) in [6.45, 7) is 3.74. The highest BCUT2D eigenvalue weighted by Crippen LogP contribution is 2.22. The molecule has 1 aromatic rings. The van der Waals surface area contributed by atoms with Gasteiger partial charge in [0, 0.05) is 36.8 Å². The molecule has 0 spiro atoms. The van der Waals surface area contributed by atoms with Gasteiger partial charge in [-0.25, -0.2) is 0 Å². The second-order valence-electron chi connectivity index (χ2n) is 4.21. The second-order valence-corrected chi connectivity index (χ2v) is 4.21. The molecule has 0 saturated carbocycles. The molecule has 0 bridgehead atoms. The first-order chi connectivity index (χ1) is 8.40. The largest absolute Gasteiger partial charge is 0.338 e. The first kappa shape index (κ1) is 14.1. The van der Waals surface area contributed by atoms with E-state index in [0.717, 1.165) is 0 Å². The molecule has 0 aliphatic carbocycles. The molecule has 18 heavy (non-hydrogen) atoms. The summed E-state index contributed by atoms with van der Waals surface area (Å²) in [5.41, 5.74) is 6.17. The molecule has 98 valence electrons. The number of likely N-dealkylation sites (N-methyl/N-ethyl adjacent to an activating group) is 1. The van der Waals surface area contributed by atoms with E-state index < -0.39 is 4.92 Å². The molecule has 1 rings (SSSR count). The van der Waals surface area contributed by atoms with Crippen LogP contribution in [0.3, 0.4) is 0 Å². The topological polar surface area (TPSA) is 89.5 Å². The zero-order valence-corrected chi connectivity index (χ0v) is 10.7. The molecule has 1 atom stereocenters. The SMILES string of the molecule is Cc1c(C(=O)N(C)C(C)CN)cccc1[N+](=O)[O-]. The van der Waals surface area contributed by atoms with E-state index in [-0.39, 0.29) is 17.6 Å². The van der Waals surface area contributed by atoms with Crippen molar-refractivity contribution in [2.45, 2.75) is 19.9 Å². The van der Waals surface area contributed by atoms with Gasteiger partial charge in [0.2, 0.25) is 0 Å². The summed E-state index contributed by atoms with van der Waals surface area (Å²) in [5.74, 6) is -0.255. The van der Waals surface area contributed by atoms with Crippen molar-refractivity contribution in [1.82, 2.24) is 4.90 Å². The fourth-order valence-electron chi connectivity index (χ4n) is 1.60. The van der Waals surface area contributed by atoms with E-state index in [2.05, 4.69) is 0 Å². The van der Waals surface area contributed by atoms with Crippen molar-refractivity contribution in [3.63, 3.8) is 0 Å².